The molecule has 0 fully saturated rings. The van der Waals surface area contributed by atoms with E-state index in [2.05, 4.69) is 0 Å². The minimum Gasteiger partial charge on any atom is -0.497 e. The second kappa shape index (κ2) is 9.16. The lowest BCUT2D eigenvalue weighted by molar-refractivity contribution is 0.0472. The highest BCUT2D eigenvalue weighted by atomic mass is 32.1. The zero-order valence-electron chi connectivity index (χ0n) is 15.8. The molecule has 0 aliphatic carbocycles. The van der Waals surface area contributed by atoms with Crippen LogP contribution in [0.5, 0.6) is 11.5 Å². The predicted molar refractivity (Wildman–Crippen MR) is 108 cm³/mol. The van der Waals surface area contributed by atoms with Crippen molar-refractivity contribution in [1.82, 2.24) is 0 Å². The third-order valence-electron chi connectivity index (χ3n) is 4.18. The van der Waals surface area contributed by atoms with Gasteiger partial charge in [-0.1, -0.05) is 24.3 Å². The van der Waals surface area contributed by atoms with Crippen molar-refractivity contribution in [1.29, 1.82) is 0 Å². The van der Waals surface area contributed by atoms with Crippen molar-refractivity contribution in [2.45, 2.75) is 0 Å². The Morgan fingerprint density at radius 2 is 1.62 bits per heavy atom. The summed E-state index contributed by atoms with van der Waals surface area (Å²) in [6.45, 7) is -0.496. The Morgan fingerprint density at radius 1 is 0.862 bits per heavy atom. The van der Waals surface area contributed by atoms with Crippen molar-refractivity contribution >= 4 is 28.9 Å². The van der Waals surface area contributed by atoms with Crippen LogP contribution in [0.1, 0.15) is 36.0 Å². The molecule has 0 radical (unpaired) electrons. The molecule has 0 saturated carbocycles. The molecule has 0 aliphatic rings. The second-order valence-electron chi connectivity index (χ2n) is 5.92. The number of carbonyl (C=O) groups excluding carboxylic acids is 3. The monoisotopic (exact) mass is 410 g/mol. The Kier molecular flexibility index (Phi) is 6.41. The summed E-state index contributed by atoms with van der Waals surface area (Å²) in [4.78, 5) is 38.3. The minimum atomic E-state index is -0.749. The summed E-state index contributed by atoms with van der Waals surface area (Å²) < 4.78 is 15.5. The van der Waals surface area contributed by atoms with Crippen LogP contribution in [0.3, 0.4) is 0 Å². The normalized spacial score (nSPS) is 10.3. The SMILES string of the molecule is COc1ccc(OC)c(C(=O)COC(=O)c2ccccc2C(=O)c2cccs2)c1. The summed E-state index contributed by atoms with van der Waals surface area (Å²) in [5, 5.41) is 1.79. The molecular weight excluding hydrogens is 392 g/mol. The van der Waals surface area contributed by atoms with Gasteiger partial charge in [-0.2, -0.15) is 0 Å². The summed E-state index contributed by atoms with van der Waals surface area (Å²) >= 11 is 1.29. The number of ketones is 2. The number of ether oxygens (including phenoxy) is 3. The molecule has 0 saturated heterocycles. The van der Waals surface area contributed by atoms with E-state index in [4.69, 9.17) is 14.2 Å². The maximum Gasteiger partial charge on any atom is 0.339 e. The van der Waals surface area contributed by atoms with Crippen LogP contribution in [0.15, 0.2) is 60.0 Å². The van der Waals surface area contributed by atoms with Crippen LogP contribution in [0.2, 0.25) is 0 Å². The lowest BCUT2D eigenvalue weighted by Crippen LogP contribution is -2.17. The number of hydrogen-bond donors (Lipinski definition) is 0. The fourth-order valence-electron chi connectivity index (χ4n) is 2.72. The maximum absolute atomic E-state index is 12.7. The number of carbonyl (C=O) groups is 3. The smallest absolute Gasteiger partial charge is 0.339 e. The molecule has 1 heterocycles. The van der Waals surface area contributed by atoms with Gasteiger partial charge in [-0.05, 0) is 35.7 Å². The summed E-state index contributed by atoms with van der Waals surface area (Å²) in [6, 6.07) is 14.6. The number of Topliss-reactive ketones (excluding diaryl/α,β-unsaturated/α-hetero) is 1. The van der Waals surface area contributed by atoms with Crippen LogP contribution in [0.4, 0.5) is 0 Å². The first-order valence-corrected chi connectivity index (χ1v) is 9.52. The first kappa shape index (κ1) is 20.3. The van der Waals surface area contributed by atoms with E-state index in [0.29, 0.717) is 16.4 Å². The average molecular weight is 410 g/mol. The number of thiophene rings is 1. The van der Waals surface area contributed by atoms with E-state index >= 15 is 0 Å². The standard InChI is InChI=1S/C22H18O6S/c1-26-14-9-10-19(27-2)17(12-14)18(23)13-28-22(25)16-7-4-3-6-15(16)21(24)20-8-5-11-29-20/h3-12H,13H2,1-2H3. The van der Waals surface area contributed by atoms with E-state index in [-0.39, 0.29) is 22.5 Å². The molecule has 0 atom stereocenters. The molecule has 0 aliphatic heterocycles. The topological polar surface area (TPSA) is 78.9 Å². The zero-order chi connectivity index (χ0) is 20.8. The van der Waals surface area contributed by atoms with Gasteiger partial charge in [0.1, 0.15) is 11.5 Å². The number of esters is 1. The Bertz CT molecular complexity index is 1040. The van der Waals surface area contributed by atoms with E-state index < -0.39 is 18.4 Å². The van der Waals surface area contributed by atoms with Crippen molar-refractivity contribution in [3.63, 3.8) is 0 Å². The van der Waals surface area contributed by atoms with Gasteiger partial charge in [-0.15, -0.1) is 11.3 Å². The summed E-state index contributed by atoms with van der Waals surface area (Å²) in [5.41, 5.74) is 0.574. The second-order valence-corrected chi connectivity index (χ2v) is 6.87. The molecule has 1 aromatic heterocycles. The van der Waals surface area contributed by atoms with Gasteiger partial charge < -0.3 is 14.2 Å². The van der Waals surface area contributed by atoms with E-state index in [1.165, 1.54) is 37.7 Å². The number of hydrogen-bond acceptors (Lipinski definition) is 7. The van der Waals surface area contributed by atoms with Crippen LogP contribution in [0.25, 0.3) is 0 Å². The van der Waals surface area contributed by atoms with Crippen molar-refractivity contribution in [2.24, 2.45) is 0 Å². The van der Waals surface area contributed by atoms with Gasteiger partial charge in [0, 0.05) is 5.56 Å². The predicted octanol–water partition coefficient (Wildman–Crippen LogP) is 4.04. The summed E-state index contributed by atoms with van der Waals surface area (Å²) in [6.07, 6.45) is 0. The molecule has 0 N–H and O–H groups in total. The Balaban J connectivity index is 1.77. The van der Waals surface area contributed by atoms with Gasteiger partial charge in [0.15, 0.2) is 6.61 Å². The molecule has 0 amide bonds. The molecule has 2 aromatic carbocycles. The average Bonchev–Trinajstić information content (AvgIpc) is 3.31. The van der Waals surface area contributed by atoms with Crippen LogP contribution in [-0.2, 0) is 4.74 Å². The molecule has 29 heavy (non-hydrogen) atoms. The molecular formula is C22H18O6S. The number of rotatable bonds is 8. The van der Waals surface area contributed by atoms with Crippen LogP contribution in [0, 0.1) is 0 Å². The van der Waals surface area contributed by atoms with Crippen molar-refractivity contribution in [3.8, 4) is 11.5 Å². The van der Waals surface area contributed by atoms with Crippen molar-refractivity contribution < 1.29 is 28.6 Å². The number of benzene rings is 2. The van der Waals surface area contributed by atoms with E-state index in [0.717, 1.165) is 0 Å². The fourth-order valence-corrected chi connectivity index (χ4v) is 3.40. The zero-order valence-corrected chi connectivity index (χ0v) is 16.7. The van der Waals surface area contributed by atoms with Crippen LogP contribution >= 0.6 is 11.3 Å². The van der Waals surface area contributed by atoms with Crippen LogP contribution in [-0.4, -0.2) is 38.4 Å². The van der Waals surface area contributed by atoms with Crippen molar-refractivity contribution in [3.05, 3.63) is 81.5 Å². The van der Waals surface area contributed by atoms with Crippen LogP contribution < -0.4 is 9.47 Å². The van der Waals surface area contributed by atoms with Gasteiger partial charge in [-0.3, -0.25) is 9.59 Å². The Morgan fingerprint density at radius 3 is 2.28 bits per heavy atom. The lowest BCUT2D eigenvalue weighted by atomic mass is 10.0. The molecule has 6 nitrogen and oxygen atoms in total. The van der Waals surface area contributed by atoms with Gasteiger partial charge in [0.25, 0.3) is 0 Å². The largest absolute Gasteiger partial charge is 0.497 e. The molecule has 0 bridgehead atoms. The van der Waals surface area contributed by atoms with E-state index in [1.807, 2.05) is 0 Å². The van der Waals surface area contributed by atoms with Gasteiger partial charge in [-0.25, -0.2) is 4.79 Å². The molecule has 7 heteroatoms. The molecule has 3 aromatic rings. The highest BCUT2D eigenvalue weighted by Gasteiger charge is 2.21. The minimum absolute atomic E-state index is 0.108. The lowest BCUT2D eigenvalue weighted by Gasteiger charge is -2.11. The van der Waals surface area contributed by atoms with Gasteiger partial charge in [0.2, 0.25) is 11.6 Å². The summed E-state index contributed by atoms with van der Waals surface area (Å²) in [7, 11) is 2.93. The molecule has 3 rings (SSSR count). The first-order chi connectivity index (χ1) is 14.0. The van der Waals surface area contributed by atoms with E-state index in [9.17, 15) is 14.4 Å². The van der Waals surface area contributed by atoms with Gasteiger partial charge >= 0.3 is 5.97 Å². The first-order valence-electron chi connectivity index (χ1n) is 8.64. The van der Waals surface area contributed by atoms with Crippen molar-refractivity contribution in [2.75, 3.05) is 20.8 Å². The highest BCUT2D eigenvalue weighted by molar-refractivity contribution is 7.12. The third kappa shape index (κ3) is 4.52. The number of methoxy groups -OCH3 is 2. The van der Waals surface area contributed by atoms with E-state index in [1.54, 1.807) is 47.8 Å². The third-order valence-corrected chi connectivity index (χ3v) is 5.05. The molecule has 0 unspecified atom stereocenters. The molecule has 0 spiro atoms. The summed E-state index contributed by atoms with van der Waals surface area (Å²) in [5.74, 6) is -0.641. The highest BCUT2D eigenvalue weighted by Crippen LogP contribution is 2.25. The molecule has 148 valence electrons. The quantitative estimate of drug-likeness (QED) is 0.412. The fraction of sp³-hybridized carbons (Fsp3) is 0.136. The Hall–Kier alpha value is -3.45. The maximum atomic E-state index is 12.7. The Labute approximate surface area is 171 Å². The van der Waals surface area contributed by atoms with Gasteiger partial charge in [0.05, 0.1) is 30.2 Å².